The van der Waals surface area contributed by atoms with E-state index >= 15 is 0 Å². The number of halogens is 1. The highest BCUT2D eigenvalue weighted by Crippen LogP contribution is 2.41. The van der Waals surface area contributed by atoms with Crippen molar-refractivity contribution in [1.29, 1.82) is 0 Å². The van der Waals surface area contributed by atoms with E-state index in [-0.39, 0.29) is 11.7 Å². The number of benzene rings is 3. The second-order valence-corrected chi connectivity index (χ2v) is 9.20. The zero-order valence-electron chi connectivity index (χ0n) is 17.9. The molecule has 0 radical (unpaired) electrons. The van der Waals surface area contributed by atoms with Crippen LogP contribution in [0.4, 0.5) is 9.52 Å². The number of rotatable bonds is 5. The van der Waals surface area contributed by atoms with Gasteiger partial charge in [-0.3, -0.25) is 4.79 Å². The summed E-state index contributed by atoms with van der Waals surface area (Å²) in [6.45, 7) is 1.39. The van der Waals surface area contributed by atoms with E-state index < -0.39 is 5.97 Å². The first-order valence-electron chi connectivity index (χ1n) is 11.0. The second kappa shape index (κ2) is 9.16. The zero-order valence-corrected chi connectivity index (χ0v) is 18.8. The van der Waals surface area contributed by atoms with E-state index in [0.29, 0.717) is 25.9 Å². The summed E-state index contributed by atoms with van der Waals surface area (Å²) >= 11 is 1.65. The van der Waals surface area contributed by atoms with E-state index in [2.05, 4.69) is 29.2 Å². The molecule has 3 aromatic carbocycles. The average Bonchev–Trinajstić information content (AvgIpc) is 3.31. The molecule has 0 unspecified atom stereocenters. The molecule has 0 spiro atoms. The van der Waals surface area contributed by atoms with Gasteiger partial charge in [0.1, 0.15) is 5.82 Å². The van der Waals surface area contributed by atoms with Gasteiger partial charge >= 0.3 is 5.97 Å². The Balaban J connectivity index is 1.48. The highest BCUT2D eigenvalue weighted by Gasteiger charge is 2.27. The van der Waals surface area contributed by atoms with Gasteiger partial charge in [-0.2, -0.15) is 0 Å². The van der Waals surface area contributed by atoms with Gasteiger partial charge in [0, 0.05) is 18.7 Å². The number of carbonyl (C=O) groups is 1. The third-order valence-corrected chi connectivity index (χ3v) is 7.27. The van der Waals surface area contributed by atoms with Gasteiger partial charge in [-0.05, 0) is 41.7 Å². The lowest BCUT2D eigenvalue weighted by atomic mass is 9.97. The number of aromatic nitrogens is 1. The molecule has 1 aliphatic heterocycles. The van der Waals surface area contributed by atoms with E-state index in [0.717, 1.165) is 38.0 Å². The number of nitrogens with zero attached hydrogens (tertiary/aromatic N) is 2. The van der Waals surface area contributed by atoms with Crippen LogP contribution in [0, 0.1) is 11.7 Å². The van der Waals surface area contributed by atoms with Crippen LogP contribution in [0.25, 0.3) is 32.8 Å². The monoisotopic (exact) mass is 458 g/mol. The minimum atomic E-state index is -0.708. The first-order chi connectivity index (χ1) is 16.1. The van der Waals surface area contributed by atoms with Crippen molar-refractivity contribution in [2.75, 3.05) is 18.0 Å². The molecule has 166 valence electrons. The number of carboxylic acid groups (broad SMARTS) is 1. The third-order valence-electron chi connectivity index (χ3n) is 6.10. The number of aliphatic carboxylic acids is 1. The molecule has 1 N–H and O–H groups in total. The van der Waals surface area contributed by atoms with Crippen LogP contribution in [0.3, 0.4) is 0 Å². The predicted molar refractivity (Wildman–Crippen MR) is 131 cm³/mol. The normalized spacial score (nSPS) is 14.4. The van der Waals surface area contributed by atoms with Crippen LogP contribution < -0.4 is 4.90 Å². The van der Waals surface area contributed by atoms with E-state index in [1.807, 2.05) is 30.3 Å². The summed E-state index contributed by atoms with van der Waals surface area (Å²) < 4.78 is 13.3. The molecule has 1 saturated heterocycles. The Morgan fingerprint density at radius 2 is 1.42 bits per heavy atom. The van der Waals surface area contributed by atoms with E-state index in [1.165, 1.54) is 12.1 Å². The maximum atomic E-state index is 13.3. The SMILES string of the molecule is O=C(O)C1CCN(c2nc(-c3ccc(-c4ccc(F)cc4)cc3)c(-c3ccccc3)s2)CC1. The van der Waals surface area contributed by atoms with Crippen LogP contribution in [0.15, 0.2) is 78.9 Å². The summed E-state index contributed by atoms with van der Waals surface area (Å²) in [6, 6.07) is 24.9. The summed E-state index contributed by atoms with van der Waals surface area (Å²) in [4.78, 5) is 19.6. The first kappa shape index (κ1) is 21.3. The first-order valence-corrected chi connectivity index (χ1v) is 11.8. The van der Waals surface area contributed by atoms with Crippen molar-refractivity contribution < 1.29 is 14.3 Å². The average molecular weight is 459 g/mol. The Kier molecular flexibility index (Phi) is 5.92. The minimum absolute atomic E-state index is 0.245. The van der Waals surface area contributed by atoms with Crippen molar-refractivity contribution in [3.8, 4) is 32.8 Å². The fourth-order valence-corrected chi connectivity index (χ4v) is 5.35. The molecule has 0 aliphatic carbocycles. The maximum absolute atomic E-state index is 13.3. The Hall–Kier alpha value is -3.51. The molecule has 5 rings (SSSR count). The maximum Gasteiger partial charge on any atom is 0.306 e. The molecule has 0 atom stereocenters. The zero-order chi connectivity index (χ0) is 22.8. The highest BCUT2D eigenvalue weighted by atomic mass is 32.1. The van der Waals surface area contributed by atoms with Crippen molar-refractivity contribution in [2.24, 2.45) is 5.92 Å². The topological polar surface area (TPSA) is 53.4 Å². The molecule has 1 fully saturated rings. The van der Waals surface area contributed by atoms with Gasteiger partial charge in [-0.15, -0.1) is 0 Å². The third kappa shape index (κ3) is 4.52. The number of hydrogen-bond donors (Lipinski definition) is 1. The molecular formula is C27H23FN2O2S. The largest absolute Gasteiger partial charge is 0.481 e. The van der Waals surface area contributed by atoms with Crippen LogP contribution in [0.5, 0.6) is 0 Å². The molecule has 1 aromatic heterocycles. The number of piperidine rings is 1. The molecule has 0 amide bonds. The molecular weight excluding hydrogens is 435 g/mol. The predicted octanol–water partition coefficient (Wildman–Crippen LogP) is 6.58. The summed E-state index contributed by atoms with van der Waals surface area (Å²) in [7, 11) is 0. The molecule has 0 bridgehead atoms. The van der Waals surface area contributed by atoms with Gasteiger partial charge in [-0.25, -0.2) is 9.37 Å². The van der Waals surface area contributed by atoms with Crippen molar-refractivity contribution in [2.45, 2.75) is 12.8 Å². The fourth-order valence-electron chi connectivity index (χ4n) is 4.21. The number of carboxylic acids is 1. The van der Waals surface area contributed by atoms with Gasteiger partial charge in [0.25, 0.3) is 0 Å². The smallest absolute Gasteiger partial charge is 0.306 e. The molecule has 1 aliphatic rings. The van der Waals surface area contributed by atoms with Crippen molar-refractivity contribution in [3.05, 3.63) is 84.7 Å². The number of hydrogen-bond acceptors (Lipinski definition) is 4. The quantitative estimate of drug-likeness (QED) is 0.367. The summed E-state index contributed by atoms with van der Waals surface area (Å²) in [5.41, 5.74) is 5.03. The molecule has 2 heterocycles. The van der Waals surface area contributed by atoms with Gasteiger partial charge < -0.3 is 10.0 Å². The van der Waals surface area contributed by atoms with E-state index in [9.17, 15) is 14.3 Å². The Labute approximate surface area is 196 Å². The highest BCUT2D eigenvalue weighted by molar-refractivity contribution is 7.19. The van der Waals surface area contributed by atoms with E-state index in [4.69, 9.17) is 4.98 Å². The van der Waals surface area contributed by atoms with Gasteiger partial charge in [-0.1, -0.05) is 78.1 Å². The Morgan fingerprint density at radius 3 is 2.03 bits per heavy atom. The lowest BCUT2D eigenvalue weighted by molar-refractivity contribution is -0.142. The summed E-state index contributed by atoms with van der Waals surface area (Å²) in [6.07, 6.45) is 1.27. The van der Waals surface area contributed by atoms with E-state index in [1.54, 1.807) is 23.5 Å². The summed E-state index contributed by atoms with van der Waals surface area (Å²) in [5, 5.41) is 10.2. The van der Waals surface area contributed by atoms with Crippen molar-refractivity contribution >= 4 is 22.4 Å². The van der Waals surface area contributed by atoms with Crippen LogP contribution in [-0.2, 0) is 4.79 Å². The molecule has 6 heteroatoms. The van der Waals surface area contributed by atoms with Gasteiger partial charge in [0.2, 0.25) is 0 Å². The van der Waals surface area contributed by atoms with Gasteiger partial charge in [0.15, 0.2) is 5.13 Å². The standard InChI is InChI=1S/C27H23FN2O2S/c28-23-12-10-19(11-13-23)18-6-8-20(9-7-18)24-25(21-4-2-1-3-5-21)33-27(29-24)30-16-14-22(15-17-30)26(31)32/h1-13,22H,14-17H2,(H,31,32). The molecule has 4 aromatic rings. The number of thiazole rings is 1. The molecule has 33 heavy (non-hydrogen) atoms. The lowest BCUT2D eigenvalue weighted by Crippen LogP contribution is -2.36. The Morgan fingerprint density at radius 1 is 0.848 bits per heavy atom. The minimum Gasteiger partial charge on any atom is -0.481 e. The molecule has 4 nitrogen and oxygen atoms in total. The van der Waals surface area contributed by atoms with Crippen LogP contribution in [0.1, 0.15) is 12.8 Å². The number of anilines is 1. The second-order valence-electron chi connectivity index (χ2n) is 8.22. The Bertz CT molecular complexity index is 1250. The van der Waals surface area contributed by atoms with Gasteiger partial charge in [0.05, 0.1) is 16.5 Å². The molecule has 0 saturated carbocycles. The van der Waals surface area contributed by atoms with Crippen molar-refractivity contribution in [1.82, 2.24) is 4.98 Å². The lowest BCUT2D eigenvalue weighted by Gasteiger charge is -2.29. The van der Waals surface area contributed by atoms with Crippen LogP contribution in [0.2, 0.25) is 0 Å². The summed E-state index contributed by atoms with van der Waals surface area (Å²) in [5.74, 6) is -1.22. The van der Waals surface area contributed by atoms with Crippen LogP contribution in [-0.4, -0.2) is 29.1 Å². The fraction of sp³-hybridized carbons (Fsp3) is 0.185. The van der Waals surface area contributed by atoms with Crippen molar-refractivity contribution in [3.63, 3.8) is 0 Å². The van der Waals surface area contributed by atoms with Crippen LogP contribution >= 0.6 is 11.3 Å².